The van der Waals surface area contributed by atoms with E-state index >= 15 is 0 Å². The maximum atomic E-state index is 6.16. The molecule has 0 fully saturated rings. The highest BCUT2D eigenvalue weighted by molar-refractivity contribution is 5.44. The summed E-state index contributed by atoms with van der Waals surface area (Å²) in [5.41, 5.74) is 4.75. The summed E-state index contributed by atoms with van der Waals surface area (Å²) < 4.78 is 12.3. The number of hydrogen-bond donors (Lipinski definition) is 0. The van der Waals surface area contributed by atoms with Gasteiger partial charge in [0.25, 0.3) is 0 Å². The van der Waals surface area contributed by atoms with Crippen LogP contribution in [0, 0.1) is 0 Å². The standard InChI is InChI=1S/C27H24O2/c1-4-10-22(11-5-1)18-25-16-17-26(28-20-23-12-6-2-7-13-23)27(19-25)29-21-24-14-8-3-9-15-24/h1-17,19H,18,20-21H2. The largest absolute Gasteiger partial charge is 0.485 e. The molecular formula is C27H24O2. The molecule has 0 aliphatic rings. The third kappa shape index (κ3) is 5.49. The summed E-state index contributed by atoms with van der Waals surface area (Å²) in [6, 6.07) is 37.1. The zero-order valence-electron chi connectivity index (χ0n) is 16.3. The van der Waals surface area contributed by atoms with Crippen LogP contribution in [-0.2, 0) is 19.6 Å². The Morgan fingerprint density at radius 1 is 0.414 bits per heavy atom. The van der Waals surface area contributed by atoms with E-state index < -0.39 is 0 Å². The van der Waals surface area contributed by atoms with E-state index in [0.717, 1.165) is 29.0 Å². The van der Waals surface area contributed by atoms with Gasteiger partial charge in [0.05, 0.1) is 0 Å². The van der Waals surface area contributed by atoms with Crippen molar-refractivity contribution >= 4 is 0 Å². The molecule has 0 bridgehead atoms. The monoisotopic (exact) mass is 380 g/mol. The zero-order valence-corrected chi connectivity index (χ0v) is 16.3. The van der Waals surface area contributed by atoms with Crippen LogP contribution >= 0.6 is 0 Å². The first-order valence-corrected chi connectivity index (χ1v) is 9.87. The van der Waals surface area contributed by atoms with Gasteiger partial charge in [0.15, 0.2) is 11.5 Å². The van der Waals surface area contributed by atoms with Crippen molar-refractivity contribution in [2.45, 2.75) is 19.6 Å². The van der Waals surface area contributed by atoms with E-state index in [1.807, 2.05) is 48.5 Å². The second-order valence-electron chi connectivity index (χ2n) is 6.99. The molecule has 4 aromatic carbocycles. The van der Waals surface area contributed by atoms with Crippen molar-refractivity contribution in [2.24, 2.45) is 0 Å². The van der Waals surface area contributed by atoms with Gasteiger partial charge in [-0.1, -0.05) is 97.1 Å². The molecule has 0 atom stereocenters. The van der Waals surface area contributed by atoms with Crippen molar-refractivity contribution < 1.29 is 9.47 Å². The number of hydrogen-bond acceptors (Lipinski definition) is 2. The van der Waals surface area contributed by atoms with Crippen LogP contribution in [-0.4, -0.2) is 0 Å². The van der Waals surface area contributed by atoms with Gasteiger partial charge in [-0.25, -0.2) is 0 Å². The number of ether oxygens (including phenoxy) is 2. The smallest absolute Gasteiger partial charge is 0.161 e. The summed E-state index contributed by atoms with van der Waals surface area (Å²) in [6.45, 7) is 1.03. The van der Waals surface area contributed by atoms with Crippen molar-refractivity contribution in [3.05, 3.63) is 131 Å². The van der Waals surface area contributed by atoms with Crippen LogP contribution in [0.1, 0.15) is 22.3 Å². The second kappa shape index (κ2) is 9.61. The Labute approximate surface area is 172 Å². The first kappa shape index (κ1) is 18.8. The van der Waals surface area contributed by atoms with Gasteiger partial charge in [0.2, 0.25) is 0 Å². The van der Waals surface area contributed by atoms with Crippen LogP contribution in [0.25, 0.3) is 0 Å². The third-order valence-electron chi connectivity index (χ3n) is 4.73. The molecule has 0 heterocycles. The lowest BCUT2D eigenvalue weighted by atomic mass is 10.0. The quantitative estimate of drug-likeness (QED) is 0.350. The predicted octanol–water partition coefficient (Wildman–Crippen LogP) is 6.44. The van der Waals surface area contributed by atoms with E-state index in [4.69, 9.17) is 9.47 Å². The van der Waals surface area contributed by atoms with Gasteiger partial charge < -0.3 is 9.47 Å². The summed E-state index contributed by atoms with van der Waals surface area (Å²) in [7, 11) is 0. The Kier molecular flexibility index (Phi) is 6.24. The van der Waals surface area contributed by atoms with Crippen molar-refractivity contribution in [1.29, 1.82) is 0 Å². The summed E-state index contributed by atoms with van der Waals surface area (Å²) in [5, 5.41) is 0. The number of rotatable bonds is 8. The molecule has 144 valence electrons. The molecule has 29 heavy (non-hydrogen) atoms. The Morgan fingerprint density at radius 2 is 0.897 bits per heavy atom. The summed E-state index contributed by atoms with van der Waals surface area (Å²) in [5.74, 6) is 1.54. The minimum absolute atomic E-state index is 0.511. The van der Waals surface area contributed by atoms with Gasteiger partial charge in [-0.2, -0.15) is 0 Å². The SMILES string of the molecule is c1ccc(COc2ccc(Cc3ccccc3)cc2OCc2ccccc2)cc1. The molecule has 2 heteroatoms. The lowest BCUT2D eigenvalue weighted by Crippen LogP contribution is -2.01. The Bertz CT molecular complexity index is 1010. The van der Waals surface area contributed by atoms with E-state index in [9.17, 15) is 0 Å². The van der Waals surface area contributed by atoms with Gasteiger partial charge in [0, 0.05) is 0 Å². The fourth-order valence-corrected chi connectivity index (χ4v) is 3.20. The van der Waals surface area contributed by atoms with Gasteiger partial charge in [-0.15, -0.1) is 0 Å². The van der Waals surface area contributed by atoms with Crippen molar-refractivity contribution in [3.63, 3.8) is 0 Å². The fraction of sp³-hybridized carbons (Fsp3) is 0.111. The molecule has 2 nitrogen and oxygen atoms in total. The summed E-state index contributed by atoms with van der Waals surface area (Å²) >= 11 is 0. The Balaban J connectivity index is 1.53. The third-order valence-corrected chi connectivity index (χ3v) is 4.73. The minimum atomic E-state index is 0.511. The van der Waals surface area contributed by atoms with Crippen molar-refractivity contribution in [1.82, 2.24) is 0 Å². The van der Waals surface area contributed by atoms with Crippen LogP contribution < -0.4 is 9.47 Å². The summed E-state index contributed by atoms with van der Waals surface area (Å²) in [6.07, 6.45) is 0.863. The second-order valence-corrected chi connectivity index (χ2v) is 6.99. The zero-order chi connectivity index (χ0) is 19.7. The topological polar surface area (TPSA) is 18.5 Å². The molecule has 0 saturated heterocycles. The van der Waals surface area contributed by atoms with Crippen LogP contribution in [0.2, 0.25) is 0 Å². The average molecular weight is 380 g/mol. The highest BCUT2D eigenvalue weighted by atomic mass is 16.5. The molecule has 0 N–H and O–H groups in total. The van der Waals surface area contributed by atoms with E-state index in [-0.39, 0.29) is 0 Å². The Hall–Kier alpha value is -3.52. The lowest BCUT2D eigenvalue weighted by Gasteiger charge is -2.15. The predicted molar refractivity (Wildman–Crippen MR) is 117 cm³/mol. The lowest BCUT2D eigenvalue weighted by molar-refractivity contribution is 0.255. The maximum absolute atomic E-state index is 6.16. The molecule has 0 radical (unpaired) electrons. The molecule has 0 aliphatic carbocycles. The normalized spacial score (nSPS) is 10.5. The molecule has 0 unspecified atom stereocenters. The van der Waals surface area contributed by atoms with Crippen LogP contribution in [0.4, 0.5) is 0 Å². The number of benzene rings is 4. The highest BCUT2D eigenvalue weighted by Crippen LogP contribution is 2.31. The molecule has 0 spiro atoms. The van der Waals surface area contributed by atoms with Crippen molar-refractivity contribution in [3.8, 4) is 11.5 Å². The molecule has 4 rings (SSSR count). The molecule has 0 aliphatic heterocycles. The van der Waals surface area contributed by atoms with Crippen molar-refractivity contribution in [2.75, 3.05) is 0 Å². The fourth-order valence-electron chi connectivity index (χ4n) is 3.20. The molecular weight excluding hydrogens is 356 g/mol. The molecule has 0 aromatic heterocycles. The Morgan fingerprint density at radius 3 is 1.45 bits per heavy atom. The van der Waals surface area contributed by atoms with Gasteiger partial charge in [-0.05, 0) is 40.8 Å². The van der Waals surface area contributed by atoms with Gasteiger partial charge in [0.1, 0.15) is 13.2 Å². The maximum Gasteiger partial charge on any atom is 0.161 e. The minimum Gasteiger partial charge on any atom is -0.485 e. The average Bonchev–Trinajstić information content (AvgIpc) is 2.79. The molecule has 0 saturated carbocycles. The molecule has 0 amide bonds. The van der Waals surface area contributed by atoms with E-state index in [2.05, 4.69) is 60.7 Å². The molecule has 4 aromatic rings. The van der Waals surface area contributed by atoms with Gasteiger partial charge >= 0.3 is 0 Å². The van der Waals surface area contributed by atoms with E-state index in [0.29, 0.717) is 13.2 Å². The van der Waals surface area contributed by atoms with Gasteiger partial charge in [-0.3, -0.25) is 0 Å². The van der Waals surface area contributed by atoms with E-state index in [1.54, 1.807) is 0 Å². The first-order valence-electron chi connectivity index (χ1n) is 9.87. The summed E-state index contributed by atoms with van der Waals surface area (Å²) in [4.78, 5) is 0. The van der Waals surface area contributed by atoms with Crippen LogP contribution in [0.5, 0.6) is 11.5 Å². The van der Waals surface area contributed by atoms with Crippen LogP contribution in [0.3, 0.4) is 0 Å². The first-order chi connectivity index (χ1) is 14.4. The highest BCUT2D eigenvalue weighted by Gasteiger charge is 2.09. The van der Waals surface area contributed by atoms with E-state index in [1.165, 1.54) is 11.1 Å². The van der Waals surface area contributed by atoms with Crippen LogP contribution in [0.15, 0.2) is 109 Å².